The van der Waals surface area contributed by atoms with Gasteiger partial charge in [0, 0.05) is 31.2 Å². The number of nitro benzene ring substituents is 1. The van der Waals surface area contributed by atoms with E-state index in [4.69, 9.17) is 15.2 Å². The fourth-order valence-corrected chi connectivity index (χ4v) is 8.45. The highest BCUT2D eigenvalue weighted by Crippen LogP contribution is 2.33. The van der Waals surface area contributed by atoms with Crippen LogP contribution in [0.25, 0.3) is 0 Å². The SMILES string of the molecule is CCOC(=O)C1CCC(Nc2ccc(CN3CCCCC3)cc2N)CC1.CCOC(=O)C1CCC(Nc2ccc(CN3CCCCC3)cc2[N+](=O)[O-])CC1. The third-order valence-electron chi connectivity index (χ3n) is 11.5. The van der Waals surface area contributed by atoms with Crippen LogP contribution in [-0.2, 0) is 32.2 Å². The first kappa shape index (κ1) is 41.3. The van der Waals surface area contributed by atoms with Gasteiger partial charge in [0.05, 0.1) is 41.3 Å². The molecular weight excluding hydrogens is 684 g/mol. The number of carbonyl (C=O) groups excluding carboxylic acids is 2. The van der Waals surface area contributed by atoms with Gasteiger partial charge in [-0.05, 0) is 146 Å². The van der Waals surface area contributed by atoms with E-state index in [2.05, 4.69) is 38.6 Å². The Kier molecular flexibility index (Phi) is 16.2. The van der Waals surface area contributed by atoms with E-state index in [0.717, 1.165) is 94.5 Å². The minimum Gasteiger partial charge on any atom is -0.466 e. The molecule has 6 rings (SSSR count). The van der Waals surface area contributed by atoms with Gasteiger partial charge in [0.2, 0.25) is 0 Å². The first-order valence-corrected chi connectivity index (χ1v) is 20.7. The average molecular weight is 749 g/mol. The van der Waals surface area contributed by atoms with Crippen LogP contribution in [0.1, 0.15) is 115 Å². The number of nitrogens with two attached hydrogens (primary N) is 1. The van der Waals surface area contributed by atoms with Crippen molar-refractivity contribution in [3.8, 4) is 0 Å². The summed E-state index contributed by atoms with van der Waals surface area (Å²) in [6.07, 6.45) is 14.6. The number of nitrogens with zero attached hydrogens (tertiary/aromatic N) is 3. The zero-order chi connectivity index (χ0) is 38.3. The number of ether oxygens (including phenoxy) is 2. The number of benzene rings is 2. The fourth-order valence-electron chi connectivity index (χ4n) is 8.45. The quantitative estimate of drug-likeness (QED) is 0.0793. The van der Waals surface area contributed by atoms with E-state index in [1.165, 1.54) is 57.2 Å². The molecule has 0 amide bonds. The average Bonchev–Trinajstić information content (AvgIpc) is 3.18. The Labute approximate surface area is 322 Å². The fraction of sp³-hybridized carbons (Fsp3) is 0.667. The lowest BCUT2D eigenvalue weighted by atomic mass is 9.86. The number of nitrogen functional groups attached to an aromatic ring is 1. The Balaban J connectivity index is 0.000000208. The summed E-state index contributed by atoms with van der Waals surface area (Å²) in [5.41, 5.74) is 11.2. The van der Waals surface area contributed by atoms with Crippen molar-refractivity contribution < 1.29 is 24.0 Å². The minimum atomic E-state index is -0.299. The lowest BCUT2D eigenvalue weighted by molar-refractivity contribution is -0.384. The third-order valence-corrected chi connectivity index (χ3v) is 11.5. The van der Waals surface area contributed by atoms with Crippen LogP contribution >= 0.6 is 0 Å². The summed E-state index contributed by atoms with van der Waals surface area (Å²) in [4.78, 5) is 39.9. The lowest BCUT2D eigenvalue weighted by Gasteiger charge is -2.29. The molecule has 54 heavy (non-hydrogen) atoms. The number of esters is 2. The second-order valence-corrected chi connectivity index (χ2v) is 15.6. The third kappa shape index (κ3) is 12.6. The molecule has 12 heteroatoms. The molecule has 0 unspecified atom stereocenters. The van der Waals surface area contributed by atoms with E-state index in [0.29, 0.717) is 24.9 Å². The van der Waals surface area contributed by atoms with Crippen LogP contribution in [0.15, 0.2) is 36.4 Å². The monoisotopic (exact) mass is 748 g/mol. The molecule has 0 aromatic heterocycles. The Morgan fingerprint density at radius 1 is 0.685 bits per heavy atom. The van der Waals surface area contributed by atoms with Crippen molar-refractivity contribution in [2.24, 2.45) is 11.8 Å². The van der Waals surface area contributed by atoms with Crippen LogP contribution in [0.2, 0.25) is 0 Å². The van der Waals surface area contributed by atoms with E-state index >= 15 is 0 Å². The van der Waals surface area contributed by atoms with Gasteiger partial charge in [0.15, 0.2) is 0 Å². The van der Waals surface area contributed by atoms with Gasteiger partial charge >= 0.3 is 11.9 Å². The normalized spacial score (nSPS) is 23.7. The molecule has 0 atom stereocenters. The number of likely N-dealkylation sites (tertiary alicyclic amines) is 2. The Hall–Kier alpha value is -3.90. The molecule has 2 aromatic rings. The number of carbonyl (C=O) groups is 2. The molecule has 2 saturated carbocycles. The van der Waals surface area contributed by atoms with E-state index in [1.54, 1.807) is 6.07 Å². The van der Waals surface area contributed by atoms with Crippen LogP contribution in [-0.4, -0.2) is 78.1 Å². The van der Waals surface area contributed by atoms with Crippen molar-refractivity contribution in [2.75, 3.05) is 55.8 Å². The number of anilines is 3. The Bertz CT molecular complexity index is 1490. The maximum absolute atomic E-state index is 11.9. The summed E-state index contributed by atoms with van der Waals surface area (Å²) >= 11 is 0. The van der Waals surface area contributed by atoms with Crippen molar-refractivity contribution in [1.82, 2.24) is 9.80 Å². The number of hydrogen-bond acceptors (Lipinski definition) is 11. The molecule has 0 bridgehead atoms. The minimum absolute atomic E-state index is 0.0347. The highest BCUT2D eigenvalue weighted by atomic mass is 16.6. The molecule has 4 fully saturated rings. The molecule has 2 saturated heterocycles. The number of hydrogen-bond donors (Lipinski definition) is 3. The molecule has 2 heterocycles. The number of nitro groups is 1. The molecule has 0 spiro atoms. The van der Waals surface area contributed by atoms with Gasteiger partial charge in [-0.15, -0.1) is 0 Å². The van der Waals surface area contributed by atoms with Gasteiger partial charge in [-0.25, -0.2) is 0 Å². The predicted octanol–water partition coefficient (Wildman–Crippen LogP) is 7.90. The predicted molar refractivity (Wildman–Crippen MR) is 214 cm³/mol. The first-order chi connectivity index (χ1) is 26.2. The van der Waals surface area contributed by atoms with E-state index in [1.807, 2.05) is 26.0 Å². The van der Waals surface area contributed by atoms with Crippen molar-refractivity contribution >= 4 is 34.7 Å². The Morgan fingerprint density at radius 3 is 1.54 bits per heavy atom. The topological polar surface area (TPSA) is 152 Å². The van der Waals surface area contributed by atoms with Gasteiger partial charge in [0.25, 0.3) is 5.69 Å². The second-order valence-electron chi connectivity index (χ2n) is 15.6. The zero-order valence-electron chi connectivity index (χ0n) is 32.7. The molecule has 12 nitrogen and oxygen atoms in total. The lowest BCUT2D eigenvalue weighted by Crippen LogP contribution is -2.30. The van der Waals surface area contributed by atoms with Crippen LogP contribution in [0.3, 0.4) is 0 Å². The summed E-state index contributed by atoms with van der Waals surface area (Å²) in [5.74, 6) is -0.126. The summed E-state index contributed by atoms with van der Waals surface area (Å²) in [7, 11) is 0. The van der Waals surface area contributed by atoms with Crippen LogP contribution in [0, 0.1) is 22.0 Å². The van der Waals surface area contributed by atoms with Crippen molar-refractivity contribution in [3.63, 3.8) is 0 Å². The molecule has 2 aliphatic carbocycles. The number of piperidine rings is 2. The van der Waals surface area contributed by atoms with Crippen molar-refractivity contribution in [1.29, 1.82) is 0 Å². The largest absolute Gasteiger partial charge is 0.466 e. The number of rotatable bonds is 13. The van der Waals surface area contributed by atoms with Crippen molar-refractivity contribution in [2.45, 2.75) is 129 Å². The highest BCUT2D eigenvalue weighted by Gasteiger charge is 2.29. The Morgan fingerprint density at radius 2 is 1.11 bits per heavy atom. The van der Waals surface area contributed by atoms with Crippen LogP contribution in [0.4, 0.5) is 22.7 Å². The smallest absolute Gasteiger partial charge is 0.308 e. The van der Waals surface area contributed by atoms with E-state index in [-0.39, 0.29) is 40.4 Å². The molecule has 2 aliphatic heterocycles. The summed E-state index contributed by atoms with van der Waals surface area (Å²) in [6.45, 7) is 10.9. The maximum atomic E-state index is 11.9. The molecule has 2 aromatic carbocycles. The van der Waals surface area contributed by atoms with Gasteiger partial charge < -0.3 is 25.8 Å². The summed E-state index contributed by atoms with van der Waals surface area (Å²) in [5, 5.41) is 18.5. The number of nitrogens with one attached hydrogen (secondary N) is 2. The van der Waals surface area contributed by atoms with Gasteiger partial charge in [-0.3, -0.25) is 29.5 Å². The molecule has 298 valence electrons. The van der Waals surface area contributed by atoms with E-state index in [9.17, 15) is 19.7 Å². The highest BCUT2D eigenvalue weighted by molar-refractivity contribution is 5.73. The zero-order valence-corrected chi connectivity index (χ0v) is 32.7. The maximum Gasteiger partial charge on any atom is 0.308 e. The first-order valence-electron chi connectivity index (χ1n) is 20.7. The second kappa shape index (κ2) is 21.3. The summed E-state index contributed by atoms with van der Waals surface area (Å²) < 4.78 is 10.3. The van der Waals surface area contributed by atoms with Crippen molar-refractivity contribution in [3.05, 3.63) is 57.6 Å². The van der Waals surface area contributed by atoms with E-state index < -0.39 is 0 Å². The van der Waals surface area contributed by atoms with Gasteiger partial charge in [-0.2, -0.15) is 0 Å². The van der Waals surface area contributed by atoms with Crippen LogP contribution in [0.5, 0.6) is 0 Å². The molecule has 4 N–H and O–H groups in total. The molecule has 4 aliphatic rings. The van der Waals surface area contributed by atoms with Gasteiger partial charge in [0.1, 0.15) is 5.69 Å². The molecular formula is C42H64N6O6. The summed E-state index contributed by atoms with van der Waals surface area (Å²) in [6, 6.07) is 12.5. The van der Waals surface area contributed by atoms with Crippen LogP contribution < -0.4 is 16.4 Å². The molecule has 0 radical (unpaired) electrons. The standard InChI is InChI=1S/C21H31N3O4.C21H33N3O2/c1-2-28-21(25)17-7-9-18(10-8-17)22-19-11-6-16(14-20(19)24(26)27)15-23-12-4-3-5-13-23;1-2-26-21(25)17-7-9-18(10-8-17)23-20-11-6-16(14-19(20)22)15-24-12-4-3-5-13-24/h6,11,14,17-18,22H,2-5,7-10,12-13,15H2,1H3;6,11,14,17-18,23H,2-5,7-10,12-13,15,22H2,1H3. The van der Waals surface area contributed by atoms with Gasteiger partial charge in [-0.1, -0.05) is 25.0 Å².